The van der Waals surface area contributed by atoms with Crippen LogP contribution < -0.4 is 14.8 Å². The van der Waals surface area contributed by atoms with Gasteiger partial charge in [0.2, 0.25) is 0 Å². The van der Waals surface area contributed by atoms with Gasteiger partial charge in [-0.25, -0.2) is 4.39 Å². The van der Waals surface area contributed by atoms with Crippen molar-refractivity contribution in [2.24, 2.45) is 0 Å². The van der Waals surface area contributed by atoms with Crippen LogP contribution in [0.5, 0.6) is 11.5 Å². The number of hydrogen-bond donors (Lipinski definition) is 1. The summed E-state index contributed by atoms with van der Waals surface area (Å²) in [7, 11) is 3.11. The number of nitrogens with one attached hydrogen (secondary N) is 1. The first-order valence-electron chi connectivity index (χ1n) is 8.68. The van der Waals surface area contributed by atoms with Crippen molar-refractivity contribution in [2.45, 2.75) is 6.10 Å². The van der Waals surface area contributed by atoms with Crippen molar-refractivity contribution in [3.63, 3.8) is 0 Å². The van der Waals surface area contributed by atoms with Crippen LogP contribution in [-0.4, -0.2) is 45.8 Å². The van der Waals surface area contributed by atoms with Gasteiger partial charge in [-0.2, -0.15) is 0 Å². The van der Waals surface area contributed by atoms with Crippen molar-refractivity contribution in [3.8, 4) is 11.5 Å². The molecule has 2 aromatic carbocycles. The van der Waals surface area contributed by atoms with Crippen LogP contribution in [0.4, 0.5) is 4.39 Å². The number of carbonyl (C=O) groups excluding carboxylic acids is 1. The second-order valence-electron chi connectivity index (χ2n) is 6.10. The molecule has 1 aliphatic heterocycles. The predicted molar refractivity (Wildman–Crippen MR) is 101 cm³/mol. The van der Waals surface area contributed by atoms with E-state index in [2.05, 4.69) is 5.32 Å². The van der Waals surface area contributed by atoms with Gasteiger partial charge in [-0.3, -0.25) is 4.79 Å². The van der Waals surface area contributed by atoms with E-state index in [9.17, 15) is 9.18 Å². The van der Waals surface area contributed by atoms with Gasteiger partial charge in [-0.05, 0) is 47.0 Å². The average molecular weight is 371 g/mol. The number of hydrogen-bond acceptors (Lipinski definition) is 5. The van der Waals surface area contributed by atoms with Gasteiger partial charge in [0, 0.05) is 13.1 Å². The third kappa shape index (κ3) is 4.53. The number of halogens is 1. The summed E-state index contributed by atoms with van der Waals surface area (Å²) in [5.74, 6) is 0.657. The lowest BCUT2D eigenvalue weighted by molar-refractivity contribution is -0.126. The molecule has 1 unspecified atom stereocenters. The van der Waals surface area contributed by atoms with E-state index in [0.29, 0.717) is 30.2 Å². The third-order valence-electron chi connectivity index (χ3n) is 4.38. The van der Waals surface area contributed by atoms with E-state index in [1.54, 1.807) is 44.6 Å². The molecule has 0 spiro atoms. The van der Waals surface area contributed by atoms with E-state index in [-0.39, 0.29) is 11.6 Å². The average Bonchev–Trinajstić information content (AvgIpc) is 2.72. The Labute approximate surface area is 157 Å². The molecular formula is C21H22FNO4. The van der Waals surface area contributed by atoms with E-state index >= 15 is 0 Å². The van der Waals surface area contributed by atoms with E-state index in [1.165, 1.54) is 12.1 Å². The molecule has 1 saturated heterocycles. The van der Waals surface area contributed by atoms with Crippen molar-refractivity contribution in [3.05, 3.63) is 65.5 Å². The van der Waals surface area contributed by atoms with Crippen LogP contribution >= 0.6 is 0 Å². The summed E-state index contributed by atoms with van der Waals surface area (Å²) in [6.07, 6.45) is 1.01. The molecule has 27 heavy (non-hydrogen) atoms. The van der Waals surface area contributed by atoms with Gasteiger partial charge in [0.05, 0.1) is 20.8 Å². The Morgan fingerprint density at radius 3 is 2.44 bits per heavy atom. The zero-order valence-corrected chi connectivity index (χ0v) is 15.3. The number of morpholine rings is 1. The second kappa shape index (κ2) is 8.79. The Balaban J connectivity index is 2.03. The molecule has 0 aromatic heterocycles. The lowest BCUT2D eigenvalue weighted by atomic mass is 9.95. The Morgan fingerprint density at radius 2 is 1.81 bits per heavy atom. The Hall–Kier alpha value is -2.70. The van der Waals surface area contributed by atoms with Crippen LogP contribution in [0.2, 0.25) is 0 Å². The molecule has 0 aliphatic carbocycles. The van der Waals surface area contributed by atoms with Crippen LogP contribution in [0.15, 0.2) is 48.5 Å². The highest BCUT2D eigenvalue weighted by molar-refractivity contribution is 6.03. The summed E-state index contributed by atoms with van der Waals surface area (Å²) < 4.78 is 29.6. The fraction of sp³-hybridized carbons (Fsp3) is 0.286. The lowest BCUT2D eigenvalue weighted by Crippen LogP contribution is -2.42. The summed E-state index contributed by atoms with van der Waals surface area (Å²) in [5, 5.41) is 3.15. The first-order valence-corrected chi connectivity index (χ1v) is 8.68. The molecule has 0 saturated carbocycles. The van der Waals surface area contributed by atoms with Crippen molar-refractivity contribution in [1.82, 2.24) is 5.32 Å². The van der Waals surface area contributed by atoms with Crippen molar-refractivity contribution in [2.75, 3.05) is 33.9 Å². The molecule has 0 amide bonds. The number of methoxy groups -OCH3 is 2. The Bertz CT molecular complexity index is 827. The third-order valence-corrected chi connectivity index (χ3v) is 4.38. The van der Waals surface area contributed by atoms with Crippen LogP contribution in [0.25, 0.3) is 5.57 Å². The number of ketones is 1. The van der Waals surface area contributed by atoms with E-state index in [0.717, 1.165) is 17.7 Å². The van der Waals surface area contributed by atoms with Gasteiger partial charge in [0.15, 0.2) is 17.3 Å². The largest absolute Gasteiger partial charge is 0.493 e. The van der Waals surface area contributed by atoms with Crippen LogP contribution in [0, 0.1) is 5.82 Å². The summed E-state index contributed by atoms with van der Waals surface area (Å²) in [6.45, 7) is 1.69. The smallest absolute Gasteiger partial charge is 0.186 e. The van der Waals surface area contributed by atoms with Gasteiger partial charge in [0.25, 0.3) is 0 Å². The first kappa shape index (κ1) is 19.1. The predicted octanol–water partition coefficient (Wildman–Crippen LogP) is 2.83. The highest BCUT2D eigenvalue weighted by Gasteiger charge is 2.21. The molecule has 1 atom stereocenters. The van der Waals surface area contributed by atoms with Crippen molar-refractivity contribution < 1.29 is 23.4 Å². The fourth-order valence-corrected chi connectivity index (χ4v) is 2.95. The monoisotopic (exact) mass is 371 g/mol. The zero-order chi connectivity index (χ0) is 19.2. The van der Waals surface area contributed by atoms with E-state index in [1.807, 2.05) is 6.07 Å². The molecule has 1 heterocycles. The minimum atomic E-state index is -0.533. The van der Waals surface area contributed by atoms with Gasteiger partial charge in [-0.1, -0.05) is 18.2 Å². The Morgan fingerprint density at radius 1 is 1.11 bits per heavy atom. The van der Waals surface area contributed by atoms with Gasteiger partial charge >= 0.3 is 0 Å². The maximum atomic E-state index is 13.4. The van der Waals surface area contributed by atoms with E-state index < -0.39 is 6.10 Å². The highest BCUT2D eigenvalue weighted by Crippen LogP contribution is 2.33. The SMILES string of the molecule is COc1ccc(C(=CC(=O)C2CNCCO2)c2ccc(F)cc2)cc1OC. The molecule has 1 N–H and O–H groups in total. The number of benzene rings is 2. The van der Waals surface area contributed by atoms with Gasteiger partial charge in [0.1, 0.15) is 11.9 Å². The standard InChI is InChI=1S/C21H22FNO4/c1-25-19-8-5-15(11-20(19)26-2)17(14-3-6-16(22)7-4-14)12-18(24)21-13-23-9-10-27-21/h3-8,11-12,21,23H,9-10,13H2,1-2H3. The molecule has 1 fully saturated rings. The summed E-state index contributed by atoms with van der Waals surface area (Å²) >= 11 is 0. The number of carbonyl (C=O) groups is 1. The van der Waals surface area contributed by atoms with Gasteiger partial charge in [-0.15, -0.1) is 0 Å². The molecule has 0 bridgehead atoms. The normalized spacial score (nSPS) is 17.4. The zero-order valence-electron chi connectivity index (χ0n) is 15.3. The maximum Gasteiger partial charge on any atom is 0.186 e. The van der Waals surface area contributed by atoms with Gasteiger partial charge < -0.3 is 19.5 Å². The van der Waals surface area contributed by atoms with Crippen LogP contribution in [0.1, 0.15) is 11.1 Å². The minimum absolute atomic E-state index is 0.142. The molecule has 3 rings (SSSR count). The maximum absolute atomic E-state index is 13.4. The highest BCUT2D eigenvalue weighted by atomic mass is 19.1. The Kier molecular flexibility index (Phi) is 6.21. The first-order chi connectivity index (χ1) is 13.1. The second-order valence-corrected chi connectivity index (χ2v) is 6.10. The molecular weight excluding hydrogens is 349 g/mol. The quantitative estimate of drug-likeness (QED) is 0.792. The fourth-order valence-electron chi connectivity index (χ4n) is 2.95. The molecule has 0 radical (unpaired) electrons. The van der Waals surface area contributed by atoms with Crippen LogP contribution in [0.3, 0.4) is 0 Å². The number of ether oxygens (including phenoxy) is 3. The minimum Gasteiger partial charge on any atom is -0.493 e. The van der Waals surface area contributed by atoms with Crippen molar-refractivity contribution >= 4 is 11.4 Å². The summed E-state index contributed by atoms with van der Waals surface area (Å²) in [4.78, 5) is 12.7. The topological polar surface area (TPSA) is 56.8 Å². The summed E-state index contributed by atoms with van der Waals surface area (Å²) in [6, 6.07) is 11.4. The molecule has 142 valence electrons. The number of rotatable bonds is 6. The molecule has 2 aromatic rings. The molecule has 6 heteroatoms. The van der Waals surface area contributed by atoms with Crippen LogP contribution in [-0.2, 0) is 9.53 Å². The molecule has 5 nitrogen and oxygen atoms in total. The van der Waals surface area contributed by atoms with Crippen molar-refractivity contribution in [1.29, 1.82) is 0 Å². The lowest BCUT2D eigenvalue weighted by Gasteiger charge is -2.22. The molecule has 1 aliphatic rings. The van der Waals surface area contributed by atoms with E-state index in [4.69, 9.17) is 14.2 Å². The summed E-state index contributed by atoms with van der Waals surface area (Å²) in [5.41, 5.74) is 2.15.